The summed E-state index contributed by atoms with van der Waals surface area (Å²) in [5.41, 5.74) is 0.849. The Bertz CT molecular complexity index is 284. The average molecular weight is 150 g/mol. The highest BCUT2D eigenvalue weighted by Gasteiger charge is 2.02. The number of hydrogen-bond acceptors (Lipinski definition) is 3. The highest BCUT2D eigenvalue weighted by molar-refractivity contribution is 5.95. The Morgan fingerprint density at radius 3 is 3.09 bits per heavy atom. The van der Waals surface area contributed by atoms with Gasteiger partial charge in [0, 0.05) is 13.2 Å². The molecule has 0 atom stereocenters. The second kappa shape index (κ2) is 3.09. The zero-order chi connectivity index (χ0) is 8.27. The first kappa shape index (κ1) is 7.65. The first-order chi connectivity index (χ1) is 5.29. The van der Waals surface area contributed by atoms with E-state index in [1.54, 1.807) is 24.1 Å². The highest BCUT2D eigenvalue weighted by atomic mass is 15.3. The molecule has 1 heterocycles. The fraction of sp³-hybridized carbons (Fsp3) is 0.286. The van der Waals surface area contributed by atoms with Crippen LogP contribution in [0, 0.1) is 0 Å². The molecule has 0 N–H and O–H groups in total. The zero-order valence-corrected chi connectivity index (χ0v) is 6.65. The molecular weight excluding hydrogens is 140 g/mol. The number of hydrogen-bond donors (Lipinski definition) is 0. The van der Waals surface area contributed by atoms with Crippen molar-refractivity contribution in [3.05, 3.63) is 18.7 Å². The van der Waals surface area contributed by atoms with Gasteiger partial charge in [-0.25, -0.2) is 0 Å². The van der Waals surface area contributed by atoms with Crippen molar-refractivity contribution in [2.24, 2.45) is 4.99 Å². The molecule has 4 heteroatoms. The van der Waals surface area contributed by atoms with Crippen molar-refractivity contribution in [1.29, 1.82) is 0 Å². The van der Waals surface area contributed by atoms with E-state index in [1.165, 1.54) is 0 Å². The van der Waals surface area contributed by atoms with Crippen molar-refractivity contribution in [2.75, 3.05) is 7.05 Å². The lowest BCUT2D eigenvalue weighted by molar-refractivity contribution is 1.07. The molecule has 58 valence electrons. The van der Waals surface area contributed by atoms with Crippen LogP contribution in [0.3, 0.4) is 0 Å². The predicted molar refractivity (Wildman–Crippen MR) is 44.5 cm³/mol. The van der Waals surface area contributed by atoms with Gasteiger partial charge in [-0.05, 0) is 6.92 Å². The maximum absolute atomic E-state index is 3.99. The van der Waals surface area contributed by atoms with Gasteiger partial charge in [0.2, 0.25) is 0 Å². The molecule has 0 saturated heterocycles. The van der Waals surface area contributed by atoms with Crippen LogP contribution in [0.4, 0.5) is 0 Å². The summed E-state index contributed by atoms with van der Waals surface area (Å²) in [6.07, 6.45) is 3.24. The van der Waals surface area contributed by atoms with E-state index in [2.05, 4.69) is 21.8 Å². The predicted octanol–water partition coefficient (Wildman–Crippen LogP) is 0.817. The summed E-state index contributed by atoms with van der Waals surface area (Å²) < 4.78 is 1.72. The molecule has 0 aromatic carbocycles. The molecule has 4 nitrogen and oxygen atoms in total. The van der Waals surface area contributed by atoms with E-state index in [0.717, 1.165) is 11.5 Å². The summed E-state index contributed by atoms with van der Waals surface area (Å²) >= 11 is 0. The van der Waals surface area contributed by atoms with Gasteiger partial charge in [-0.15, -0.1) is 10.2 Å². The lowest BCUT2D eigenvalue weighted by Crippen LogP contribution is -2.02. The van der Waals surface area contributed by atoms with Gasteiger partial charge in [0.15, 0.2) is 5.82 Å². The zero-order valence-electron chi connectivity index (χ0n) is 6.65. The van der Waals surface area contributed by atoms with Crippen molar-refractivity contribution < 1.29 is 0 Å². The maximum Gasteiger partial charge on any atom is 0.181 e. The van der Waals surface area contributed by atoms with E-state index in [-0.39, 0.29) is 0 Å². The van der Waals surface area contributed by atoms with Crippen molar-refractivity contribution in [1.82, 2.24) is 14.8 Å². The summed E-state index contributed by atoms with van der Waals surface area (Å²) in [6, 6.07) is 0. The van der Waals surface area contributed by atoms with Crippen molar-refractivity contribution >= 4 is 11.9 Å². The molecule has 1 aromatic rings. The van der Waals surface area contributed by atoms with Crippen LogP contribution in [-0.4, -0.2) is 27.5 Å². The standard InChI is InChI=1S/C7H10N4/c1-4-11-5-9-10-7(11)6(2)8-3/h4-5H,1H2,2-3H3. The summed E-state index contributed by atoms with van der Waals surface area (Å²) in [5, 5.41) is 7.59. The minimum Gasteiger partial charge on any atom is -0.289 e. The monoisotopic (exact) mass is 150 g/mol. The number of aliphatic imine (C=N–C) groups is 1. The van der Waals surface area contributed by atoms with Crippen molar-refractivity contribution in [3.63, 3.8) is 0 Å². The molecule has 0 amide bonds. The lowest BCUT2D eigenvalue weighted by Gasteiger charge is -1.96. The fourth-order valence-corrected chi connectivity index (χ4v) is 0.735. The molecule has 0 radical (unpaired) electrons. The second-order valence-electron chi connectivity index (χ2n) is 2.05. The lowest BCUT2D eigenvalue weighted by atomic mass is 10.4. The average Bonchev–Trinajstić information content (AvgIpc) is 2.50. The summed E-state index contributed by atoms with van der Waals surface area (Å²) in [4.78, 5) is 3.99. The molecule has 0 aliphatic heterocycles. The Morgan fingerprint density at radius 2 is 2.55 bits per heavy atom. The smallest absolute Gasteiger partial charge is 0.181 e. The SMILES string of the molecule is C=Cn1cnnc1C(C)=NC. The van der Waals surface area contributed by atoms with E-state index >= 15 is 0 Å². The quantitative estimate of drug-likeness (QED) is 0.586. The summed E-state index contributed by atoms with van der Waals surface area (Å²) in [5.74, 6) is 0.738. The normalized spacial score (nSPS) is 11.6. The second-order valence-corrected chi connectivity index (χ2v) is 2.05. The molecule has 1 aromatic heterocycles. The van der Waals surface area contributed by atoms with Gasteiger partial charge in [0.05, 0.1) is 5.71 Å². The maximum atomic E-state index is 3.99. The van der Waals surface area contributed by atoms with Gasteiger partial charge >= 0.3 is 0 Å². The van der Waals surface area contributed by atoms with Crippen LogP contribution < -0.4 is 0 Å². The Morgan fingerprint density at radius 1 is 1.82 bits per heavy atom. The summed E-state index contributed by atoms with van der Waals surface area (Å²) in [7, 11) is 1.72. The molecule has 0 aliphatic rings. The van der Waals surface area contributed by atoms with E-state index in [9.17, 15) is 0 Å². The van der Waals surface area contributed by atoms with Crippen molar-refractivity contribution in [2.45, 2.75) is 6.92 Å². The van der Waals surface area contributed by atoms with Crippen LogP contribution in [0.1, 0.15) is 12.7 Å². The van der Waals surface area contributed by atoms with Gasteiger partial charge in [-0.2, -0.15) is 0 Å². The first-order valence-electron chi connectivity index (χ1n) is 3.25. The third kappa shape index (κ3) is 1.34. The Hall–Kier alpha value is -1.45. The highest BCUT2D eigenvalue weighted by Crippen LogP contribution is 1.96. The first-order valence-corrected chi connectivity index (χ1v) is 3.25. The third-order valence-corrected chi connectivity index (χ3v) is 1.43. The molecule has 0 unspecified atom stereocenters. The number of nitrogens with zero attached hydrogens (tertiary/aromatic N) is 4. The van der Waals surface area contributed by atoms with Gasteiger partial charge in [-0.3, -0.25) is 9.56 Å². The Balaban J connectivity index is 3.12. The number of rotatable bonds is 2. The largest absolute Gasteiger partial charge is 0.289 e. The van der Waals surface area contributed by atoms with Crippen LogP contribution in [0.15, 0.2) is 17.9 Å². The summed E-state index contributed by atoms with van der Waals surface area (Å²) in [6.45, 7) is 5.49. The van der Waals surface area contributed by atoms with E-state index < -0.39 is 0 Å². The third-order valence-electron chi connectivity index (χ3n) is 1.43. The van der Waals surface area contributed by atoms with Gasteiger partial charge in [0.25, 0.3) is 0 Å². The van der Waals surface area contributed by atoms with E-state index in [1.807, 2.05) is 6.92 Å². The fourth-order valence-electron chi connectivity index (χ4n) is 0.735. The topological polar surface area (TPSA) is 43.1 Å². The van der Waals surface area contributed by atoms with Crippen LogP contribution in [0.5, 0.6) is 0 Å². The Kier molecular flexibility index (Phi) is 2.15. The van der Waals surface area contributed by atoms with Crippen LogP contribution >= 0.6 is 0 Å². The van der Waals surface area contributed by atoms with Crippen molar-refractivity contribution in [3.8, 4) is 0 Å². The van der Waals surface area contributed by atoms with Crippen LogP contribution in [0.2, 0.25) is 0 Å². The molecule has 0 saturated carbocycles. The molecule has 0 spiro atoms. The molecule has 11 heavy (non-hydrogen) atoms. The van der Waals surface area contributed by atoms with E-state index in [4.69, 9.17) is 0 Å². The van der Waals surface area contributed by atoms with Crippen LogP contribution in [-0.2, 0) is 0 Å². The molecule has 1 rings (SSSR count). The van der Waals surface area contributed by atoms with Crippen LogP contribution in [0.25, 0.3) is 6.20 Å². The Labute approximate surface area is 65.3 Å². The van der Waals surface area contributed by atoms with E-state index in [0.29, 0.717) is 0 Å². The van der Waals surface area contributed by atoms with Gasteiger partial charge in [0.1, 0.15) is 6.33 Å². The molecule has 0 fully saturated rings. The van der Waals surface area contributed by atoms with Gasteiger partial charge < -0.3 is 0 Å². The molecule has 0 bridgehead atoms. The number of aromatic nitrogens is 3. The molecular formula is C7H10N4. The minimum atomic E-state index is 0.738. The molecule has 0 aliphatic carbocycles. The minimum absolute atomic E-state index is 0.738. The van der Waals surface area contributed by atoms with Gasteiger partial charge in [-0.1, -0.05) is 6.58 Å².